The molecule has 1 heterocycles. The van der Waals surface area contributed by atoms with Crippen LogP contribution in [-0.4, -0.2) is 27.4 Å². The minimum atomic E-state index is -0.912. The number of benzene rings is 2. The number of hydrogen-bond donors (Lipinski definition) is 2. The first-order valence-electron chi connectivity index (χ1n) is 10.2. The van der Waals surface area contributed by atoms with Crippen LogP contribution in [0.4, 0.5) is 0 Å². The predicted molar refractivity (Wildman–Crippen MR) is 120 cm³/mol. The van der Waals surface area contributed by atoms with Crippen molar-refractivity contribution < 1.29 is 19.7 Å². The summed E-state index contributed by atoms with van der Waals surface area (Å²) in [6, 6.07) is 15.2. The predicted octanol–water partition coefficient (Wildman–Crippen LogP) is 6.02. The van der Waals surface area contributed by atoms with Gasteiger partial charge in [0.15, 0.2) is 0 Å². The van der Waals surface area contributed by atoms with Crippen molar-refractivity contribution in [2.45, 2.75) is 58.2 Å². The Kier molecular flexibility index (Phi) is 5.91. The number of carbonyl (C=O) groups is 1. The molecule has 2 aromatic rings. The van der Waals surface area contributed by atoms with Gasteiger partial charge in [0.2, 0.25) is 0 Å². The Bertz CT molecular complexity index is 977. The van der Waals surface area contributed by atoms with Crippen molar-refractivity contribution >= 4 is 18.1 Å². The molecule has 0 spiro atoms. The van der Waals surface area contributed by atoms with Crippen molar-refractivity contribution in [2.24, 2.45) is 0 Å². The standard InChI is InChI=1S/C26H30O4/c1-17(24(28)29)14-18-6-8-19(9-7-18)15-21-16-25(2,3)30-26(4,5)23(21)20-10-12-22(27)13-11-20/h6-15,23,27H,16H2,1-5H3,(H,28,29)/b17-14+,21-15?. The molecule has 0 saturated carbocycles. The fraction of sp³-hybridized carbons (Fsp3) is 0.346. The van der Waals surface area contributed by atoms with E-state index in [0.29, 0.717) is 5.57 Å². The monoisotopic (exact) mass is 406 g/mol. The Morgan fingerprint density at radius 2 is 1.57 bits per heavy atom. The van der Waals surface area contributed by atoms with Crippen molar-refractivity contribution in [3.8, 4) is 5.75 Å². The van der Waals surface area contributed by atoms with E-state index in [1.165, 1.54) is 5.57 Å². The van der Waals surface area contributed by atoms with Crippen molar-refractivity contribution in [1.82, 2.24) is 0 Å². The van der Waals surface area contributed by atoms with E-state index in [-0.39, 0.29) is 17.3 Å². The Labute approximate surface area is 178 Å². The number of aromatic hydroxyl groups is 1. The van der Waals surface area contributed by atoms with Crippen LogP contribution in [0.1, 0.15) is 63.6 Å². The summed E-state index contributed by atoms with van der Waals surface area (Å²) in [6.45, 7) is 10.0. The van der Waals surface area contributed by atoms with Crippen LogP contribution >= 0.6 is 0 Å². The van der Waals surface area contributed by atoms with Gasteiger partial charge in [-0.2, -0.15) is 0 Å². The summed E-state index contributed by atoms with van der Waals surface area (Å²) in [6.07, 6.45) is 4.67. The van der Waals surface area contributed by atoms with Crippen LogP contribution in [0.15, 0.2) is 59.7 Å². The molecule has 4 heteroatoms. The molecule has 1 aliphatic rings. The maximum Gasteiger partial charge on any atom is 0.331 e. The molecule has 0 aliphatic carbocycles. The maximum atomic E-state index is 11.0. The first kappa shape index (κ1) is 21.8. The lowest BCUT2D eigenvalue weighted by Crippen LogP contribution is -2.47. The molecule has 1 atom stereocenters. The van der Waals surface area contributed by atoms with Crippen LogP contribution in [0, 0.1) is 0 Å². The highest BCUT2D eigenvalue weighted by Gasteiger charge is 2.44. The molecule has 1 unspecified atom stereocenters. The quantitative estimate of drug-likeness (QED) is 0.609. The molecule has 0 aromatic heterocycles. The Balaban J connectivity index is 2.00. The van der Waals surface area contributed by atoms with Crippen molar-refractivity contribution in [2.75, 3.05) is 0 Å². The molecule has 1 fully saturated rings. The van der Waals surface area contributed by atoms with E-state index >= 15 is 0 Å². The third-order valence-electron chi connectivity index (χ3n) is 5.47. The smallest absolute Gasteiger partial charge is 0.331 e. The zero-order chi connectivity index (χ0) is 22.1. The molecule has 3 rings (SSSR count). The van der Waals surface area contributed by atoms with E-state index in [9.17, 15) is 9.90 Å². The number of hydrogen-bond acceptors (Lipinski definition) is 3. The lowest BCUT2D eigenvalue weighted by Gasteiger charge is -2.48. The summed E-state index contributed by atoms with van der Waals surface area (Å²) >= 11 is 0. The van der Waals surface area contributed by atoms with Crippen LogP contribution in [0.5, 0.6) is 5.75 Å². The summed E-state index contributed by atoms with van der Waals surface area (Å²) < 4.78 is 6.44. The van der Waals surface area contributed by atoms with E-state index in [1.54, 1.807) is 25.1 Å². The highest BCUT2D eigenvalue weighted by molar-refractivity contribution is 5.91. The van der Waals surface area contributed by atoms with Gasteiger partial charge in [0.05, 0.1) is 11.2 Å². The van der Waals surface area contributed by atoms with Crippen molar-refractivity contribution in [3.05, 3.63) is 76.4 Å². The van der Waals surface area contributed by atoms with Gasteiger partial charge in [-0.05, 0) is 75.9 Å². The van der Waals surface area contributed by atoms with Gasteiger partial charge in [-0.15, -0.1) is 0 Å². The number of aliphatic carboxylic acids is 1. The molecule has 1 aliphatic heterocycles. The molecular formula is C26H30O4. The number of phenols is 1. The highest BCUT2D eigenvalue weighted by Crippen LogP contribution is 2.48. The van der Waals surface area contributed by atoms with E-state index in [2.05, 4.69) is 33.8 Å². The largest absolute Gasteiger partial charge is 0.508 e. The van der Waals surface area contributed by atoms with E-state index in [4.69, 9.17) is 9.84 Å². The molecular weight excluding hydrogens is 376 g/mol. The van der Waals surface area contributed by atoms with Gasteiger partial charge in [-0.3, -0.25) is 0 Å². The zero-order valence-corrected chi connectivity index (χ0v) is 18.3. The van der Waals surface area contributed by atoms with Gasteiger partial charge in [0.25, 0.3) is 0 Å². The van der Waals surface area contributed by atoms with E-state index < -0.39 is 11.6 Å². The molecule has 0 bridgehead atoms. The van der Waals surface area contributed by atoms with Gasteiger partial charge in [-0.1, -0.05) is 48.0 Å². The van der Waals surface area contributed by atoms with Gasteiger partial charge in [-0.25, -0.2) is 4.79 Å². The van der Waals surface area contributed by atoms with Gasteiger partial charge >= 0.3 is 5.97 Å². The van der Waals surface area contributed by atoms with Crippen LogP contribution in [-0.2, 0) is 9.53 Å². The molecule has 1 saturated heterocycles. The highest BCUT2D eigenvalue weighted by atomic mass is 16.5. The van der Waals surface area contributed by atoms with Gasteiger partial charge in [0, 0.05) is 11.5 Å². The number of carboxylic acids is 1. The van der Waals surface area contributed by atoms with Crippen LogP contribution in [0.25, 0.3) is 12.2 Å². The van der Waals surface area contributed by atoms with Crippen molar-refractivity contribution in [1.29, 1.82) is 0 Å². The van der Waals surface area contributed by atoms with E-state index in [1.807, 2.05) is 36.4 Å². The third kappa shape index (κ3) is 5.00. The summed E-state index contributed by atoms with van der Waals surface area (Å²) in [5.41, 5.74) is 3.91. The molecule has 0 radical (unpaired) electrons. The van der Waals surface area contributed by atoms with E-state index in [0.717, 1.165) is 23.1 Å². The Hall–Kier alpha value is -2.85. The minimum Gasteiger partial charge on any atom is -0.508 e. The topological polar surface area (TPSA) is 66.8 Å². The normalized spacial score (nSPS) is 22.1. The number of rotatable bonds is 4. The second-order valence-corrected chi connectivity index (χ2v) is 9.18. The third-order valence-corrected chi connectivity index (χ3v) is 5.47. The first-order valence-corrected chi connectivity index (χ1v) is 10.2. The Morgan fingerprint density at radius 3 is 2.13 bits per heavy atom. The van der Waals surface area contributed by atoms with Gasteiger partial charge in [0.1, 0.15) is 5.75 Å². The van der Waals surface area contributed by atoms with Crippen LogP contribution in [0.3, 0.4) is 0 Å². The maximum absolute atomic E-state index is 11.0. The fourth-order valence-corrected chi connectivity index (χ4v) is 4.48. The summed E-state index contributed by atoms with van der Waals surface area (Å²) in [4.78, 5) is 11.0. The molecule has 158 valence electrons. The molecule has 2 N–H and O–H groups in total. The molecule has 4 nitrogen and oxygen atoms in total. The minimum absolute atomic E-state index is 0.0555. The number of carboxylic acid groups (broad SMARTS) is 1. The van der Waals surface area contributed by atoms with Crippen molar-refractivity contribution in [3.63, 3.8) is 0 Å². The average molecular weight is 407 g/mol. The lowest BCUT2D eigenvalue weighted by molar-refractivity contribution is -0.149. The first-order chi connectivity index (χ1) is 14.0. The second kappa shape index (κ2) is 8.11. The summed E-state index contributed by atoms with van der Waals surface area (Å²) in [7, 11) is 0. The molecule has 0 amide bonds. The molecule has 2 aromatic carbocycles. The zero-order valence-electron chi connectivity index (χ0n) is 18.3. The van der Waals surface area contributed by atoms with Crippen LogP contribution < -0.4 is 0 Å². The fourth-order valence-electron chi connectivity index (χ4n) is 4.48. The summed E-state index contributed by atoms with van der Waals surface area (Å²) in [5.74, 6) is -0.607. The lowest BCUT2D eigenvalue weighted by atomic mass is 9.72. The second-order valence-electron chi connectivity index (χ2n) is 9.18. The van der Waals surface area contributed by atoms with Crippen LogP contribution in [0.2, 0.25) is 0 Å². The summed E-state index contributed by atoms with van der Waals surface area (Å²) in [5, 5.41) is 18.8. The van der Waals surface area contributed by atoms with Gasteiger partial charge < -0.3 is 14.9 Å². The molecule has 30 heavy (non-hydrogen) atoms. The Morgan fingerprint density at radius 1 is 1.00 bits per heavy atom. The number of ether oxygens (including phenoxy) is 1. The SMILES string of the molecule is C/C(=C\c1ccc(C=C2CC(C)(C)OC(C)(C)C2c2ccc(O)cc2)cc1)C(=O)O. The number of phenolic OH excluding ortho intramolecular Hbond substituents is 1. The average Bonchev–Trinajstić information content (AvgIpc) is 2.62.